The first-order valence-corrected chi connectivity index (χ1v) is 13.5. The Morgan fingerprint density at radius 3 is 2.51 bits per heavy atom. The summed E-state index contributed by atoms with van der Waals surface area (Å²) in [4.78, 5) is 40.8. The van der Waals surface area contributed by atoms with E-state index in [2.05, 4.69) is 5.32 Å². The van der Waals surface area contributed by atoms with Crippen LogP contribution in [0.4, 0.5) is 9.18 Å². The lowest BCUT2D eigenvalue weighted by atomic mass is 9.95. The fourth-order valence-electron chi connectivity index (χ4n) is 4.04. The third-order valence-corrected chi connectivity index (χ3v) is 7.52. The third-order valence-electron chi connectivity index (χ3n) is 6.78. The number of halogens is 3. The molecule has 206 valence electrons. The molecule has 0 bridgehead atoms. The van der Waals surface area contributed by atoms with Gasteiger partial charge in [-0.2, -0.15) is 0 Å². The lowest BCUT2D eigenvalue weighted by Gasteiger charge is -2.32. The highest BCUT2D eigenvalue weighted by molar-refractivity contribution is 6.42. The van der Waals surface area contributed by atoms with Gasteiger partial charge in [0.2, 0.25) is 11.8 Å². The number of likely N-dealkylation sites (N-methyl/N-ethyl adjacent to an activating group) is 1. The molecule has 0 aromatic heterocycles. The average Bonchev–Trinajstić information content (AvgIpc) is 2.89. The fourth-order valence-corrected chi connectivity index (χ4v) is 4.36. The molecule has 37 heavy (non-hydrogen) atoms. The van der Waals surface area contributed by atoms with Crippen molar-refractivity contribution in [3.63, 3.8) is 0 Å². The number of nitrogens with zero attached hydrogens (tertiary/aromatic N) is 2. The van der Waals surface area contributed by atoms with Crippen molar-refractivity contribution in [1.82, 2.24) is 15.1 Å². The van der Waals surface area contributed by atoms with Crippen LogP contribution in [-0.2, 0) is 20.7 Å². The normalized spacial score (nSPS) is 16.8. The molecule has 1 aromatic carbocycles. The van der Waals surface area contributed by atoms with E-state index in [9.17, 15) is 18.8 Å². The number of allylic oxidation sites excluding steroid dienone is 1. The van der Waals surface area contributed by atoms with E-state index in [-0.39, 0.29) is 30.9 Å². The number of piperidine rings is 1. The zero-order chi connectivity index (χ0) is 27.6. The predicted octanol–water partition coefficient (Wildman–Crippen LogP) is 5.43. The summed E-state index contributed by atoms with van der Waals surface area (Å²) in [6.45, 7) is 6.28. The van der Waals surface area contributed by atoms with Gasteiger partial charge in [-0.15, -0.1) is 0 Å². The van der Waals surface area contributed by atoms with E-state index < -0.39 is 17.8 Å². The molecule has 0 spiro atoms. The van der Waals surface area contributed by atoms with Crippen LogP contribution in [0.25, 0.3) is 0 Å². The van der Waals surface area contributed by atoms with Crippen molar-refractivity contribution >= 4 is 41.1 Å². The topological polar surface area (TPSA) is 79.0 Å². The van der Waals surface area contributed by atoms with Gasteiger partial charge in [0.05, 0.1) is 16.1 Å². The Morgan fingerprint density at radius 1 is 1.24 bits per heavy atom. The maximum absolute atomic E-state index is 14.0. The van der Waals surface area contributed by atoms with Gasteiger partial charge in [-0.3, -0.25) is 9.59 Å². The van der Waals surface area contributed by atoms with E-state index in [1.165, 1.54) is 24.0 Å². The molecule has 2 atom stereocenters. The van der Waals surface area contributed by atoms with Crippen molar-refractivity contribution in [2.24, 2.45) is 5.92 Å². The predicted molar refractivity (Wildman–Crippen MR) is 145 cm³/mol. The summed E-state index contributed by atoms with van der Waals surface area (Å²) in [5.41, 5.74) is -0.616. The number of benzene rings is 1. The van der Waals surface area contributed by atoms with Gasteiger partial charge in [0, 0.05) is 39.0 Å². The van der Waals surface area contributed by atoms with Crippen LogP contribution in [0, 0.1) is 5.92 Å². The van der Waals surface area contributed by atoms with Crippen LogP contribution in [0.3, 0.4) is 0 Å². The van der Waals surface area contributed by atoms with Crippen LogP contribution in [0.5, 0.6) is 0 Å². The lowest BCUT2D eigenvalue weighted by molar-refractivity contribution is -0.135. The average molecular weight is 559 g/mol. The molecule has 2 unspecified atom stereocenters. The van der Waals surface area contributed by atoms with Crippen LogP contribution < -0.4 is 5.32 Å². The molecule has 1 heterocycles. The molecule has 1 saturated heterocycles. The van der Waals surface area contributed by atoms with Gasteiger partial charge in [0.1, 0.15) is 12.3 Å². The van der Waals surface area contributed by atoms with Crippen molar-refractivity contribution in [1.29, 1.82) is 0 Å². The number of amides is 3. The van der Waals surface area contributed by atoms with Gasteiger partial charge < -0.3 is 19.9 Å². The highest BCUT2D eigenvalue weighted by Crippen LogP contribution is 2.24. The highest BCUT2D eigenvalue weighted by atomic mass is 35.5. The molecule has 3 amide bonds. The molecular weight excluding hydrogens is 520 g/mol. The molecule has 0 radical (unpaired) electrons. The van der Waals surface area contributed by atoms with Gasteiger partial charge in [-0.25, -0.2) is 9.18 Å². The Balaban J connectivity index is 2.02. The number of rotatable bonds is 11. The summed E-state index contributed by atoms with van der Waals surface area (Å²) >= 11 is 12.2. The first-order chi connectivity index (χ1) is 17.5. The highest BCUT2D eigenvalue weighted by Gasteiger charge is 2.28. The van der Waals surface area contributed by atoms with Crippen LogP contribution in [0.15, 0.2) is 30.4 Å². The zero-order valence-corrected chi connectivity index (χ0v) is 23.6. The Labute approximate surface area is 229 Å². The number of likely N-dealkylation sites (tertiary alicyclic amines) is 1. The summed E-state index contributed by atoms with van der Waals surface area (Å²) in [5.74, 6) is -0.196. The Morgan fingerprint density at radius 2 is 1.92 bits per heavy atom. The van der Waals surface area contributed by atoms with Crippen LogP contribution in [-0.4, -0.2) is 72.7 Å². The monoisotopic (exact) mass is 557 g/mol. The number of carbonyl (C=O) groups excluding carboxylic acids is 3. The summed E-state index contributed by atoms with van der Waals surface area (Å²) in [5, 5.41) is 3.80. The summed E-state index contributed by atoms with van der Waals surface area (Å²) < 4.78 is 19.3. The molecule has 1 aliphatic rings. The smallest absolute Gasteiger partial charge is 0.410 e. The molecule has 1 fully saturated rings. The number of hydrogen-bond donors (Lipinski definition) is 1. The Bertz CT molecular complexity index is 965. The van der Waals surface area contributed by atoms with Crippen LogP contribution >= 0.6 is 23.2 Å². The number of carbonyl (C=O) groups is 3. The molecule has 0 aliphatic carbocycles. The summed E-state index contributed by atoms with van der Waals surface area (Å²) in [7, 11) is 1.60. The van der Waals surface area contributed by atoms with E-state index in [1.807, 2.05) is 13.0 Å². The van der Waals surface area contributed by atoms with Gasteiger partial charge in [-0.1, -0.05) is 43.1 Å². The van der Waals surface area contributed by atoms with Crippen molar-refractivity contribution < 1.29 is 23.5 Å². The number of alkyl halides is 1. The summed E-state index contributed by atoms with van der Waals surface area (Å²) in [6.07, 6.45) is 4.66. The third kappa shape index (κ3) is 9.82. The van der Waals surface area contributed by atoms with Crippen LogP contribution in [0.2, 0.25) is 10.0 Å². The Hall–Kier alpha value is -2.32. The summed E-state index contributed by atoms with van der Waals surface area (Å²) in [6, 6.07) is 4.80. The number of nitrogens with one attached hydrogen (secondary N) is 1. The minimum absolute atomic E-state index is 0.0659. The Kier molecular flexibility index (Phi) is 12.2. The second kappa shape index (κ2) is 14.6. The van der Waals surface area contributed by atoms with Crippen molar-refractivity contribution in [2.45, 2.75) is 64.6 Å². The second-order valence-corrected chi connectivity index (χ2v) is 10.4. The first-order valence-electron chi connectivity index (χ1n) is 12.7. The minimum atomic E-state index is -1.46. The lowest BCUT2D eigenvalue weighted by Crippen LogP contribution is -2.48. The maximum atomic E-state index is 14.0. The van der Waals surface area contributed by atoms with E-state index in [1.54, 1.807) is 31.0 Å². The molecule has 0 saturated carbocycles. The molecule has 1 aliphatic heterocycles. The maximum Gasteiger partial charge on any atom is 0.410 e. The van der Waals surface area contributed by atoms with Crippen molar-refractivity contribution in [3.05, 3.63) is 46.0 Å². The van der Waals surface area contributed by atoms with E-state index >= 15 is 0 Å². The molecule has 1 aromatic rings. The molecule has 7 nitrogen and oxygen atoms in total. The standard InChI is InChI=1S/C27H38Cl2FN3O4/c1-5-24(34)33-13-10-20(11-14-33)25(35)31-18-21(16-19-8-9-22(28)23(29)17-19)32(4)26(36)37-15-7-12-27(3,30)6-2/h7-9,12,17,20-21H,5-6,10-11,13-16,18H2,1-4H3,(H,31,35). The minimum Gasteiger partial charge on any atom is -0.445 e. The largest absolute Gasteiger partial charge is 0.445 e. The molecular formula is C27H38Cl2FN3O4. The van der Waals surface area contributed by atoms with E-state index in [4.69, 9.17) is 27.9 Å². The van der Waals surface area contributed by atoms with Gasteiger partial charge in [-0.05, 0) is 62.5 Å². The molecule has 2 rings (SSSR count). The fraction of sp³-hybridized carbons (Fsp3) is 0.593. The first kappa shape index (κ1) is 30.9. The number of ether oxygens (including phenoxy) is 1. The van der Waals surface area contributed by atoms with Crippen molar-refractivity contribution in [2.75, 3.05) is 33.3 Å². The van der Waals surface area contributed by atoms with Gasteiger partial charge in [0.25, 0.3) is 0 Å². The SMILES string of the molecule is CCC(=O)N1CCC(C(=O)NCC(Cc2ccc(Cl)c(Cl)c2)N(C)C(=O)OCC=CC(C)(F)CC)CC1. The second-order valence-electron chi connectivity index (χ2n) is 9.58. The quantitative estimate of drug-likeness (QED) is 0.368. The van der Waals surface area contributed by atoms with Gasteiger partial charge >= 0.3 is 6.09 Å². The molecule has 1 N–H and O–H groups in total. The zero-order valence-electron chi connectivity index (χ0n) is 22.1. The molecule has 10 heteroatoms. The van der Waals surface area contributed by atoms with E-state index in [0.29, 0.717) is 55.2 Å². The van der Waals surface area contributed by atoms with E-state index in [0.717, 1.165) is 5.56 Å². The van der Waals surface area contributed by atoms with Crippen LogP contribution in [0.1, 0.15) is 52.0 Å². The number of hydrogen-bond acceptors (Lipinski definition) is 4. The van der Waals surface area contributed by atoms with Crippen molar-refractivity contribution in [3.8, 4) is 0 Å². The van der Waals surface area contributed by atoms with Gasteiger partial charge in [0.15, 0.2) is 0 Å².